The van der Waals surface area contributed by atoms with Crippen LogP contribution >= 0.6 is 0 Å². The molecule has 5 heteroatoms. The molecule has 0 saturated carbocycles. The Hall–Kier alpha value is -3.08. The monoisotopic (exact) mass is 323 g/mol. The molecule has 0 aliphatic rings. The molecule has 5 nitrogen and oxygen atoms in total. The van der Waals surface area contributed by atoms with Crippen molar-refractivity contribution in [3.8, 4) is 0 Å². The number of esters is 1. The molecule has 3 rings (SSSR count). The van der Waals surface area contributed by atoms with Crippen molar-refractivity contribution in [2.75, 3.05) is 5.32 Å². The number of benzene rings is 2. The molecule has 24 heavy (non-hydrogen) atoms. The molecule has 0 bridgehead atoms. The van der Waals surface area contributed by atoms with Crippen LogP contribution in [0.3, 0.4) is 0 Å². The number of fused-ring (bicyclic) bond motifs is 1. The van der Waals surface area contributed by atoms with Gasteiger partial charge in [-0.3, -0.25) is 4.79 Å². The molecule has 0 aliphatic heterocycles. The van der Waals surface area contributed by atoms with E-state index in [4.69, 9.17) is 9.15 Å². The van der Waals surface area contributed by atoms with E-state index >= 15 is 0 Å². The van der Waals surface area contributed by atoms with E-state index in [0.717, 1.165) is 5.39 Å². The van der Waals surface area contributed by atoms with Gasteiger partial charge in [0.25, 0.3) is 5.91 Å². The number of furan rings is 1. The fraction of sp³-hybridized carbons (Fsp3) is 0.158. The molecule has 1 unspecified atom stereocenters. The average molecular weight is 323 g/mol. The summed E-state index contributed by atoms with van der Waals surface area (Å²) in [7, 11) is 0. The molecular weight excluding hydrogens is 306 g/mol. The number of anilines is 1. The van der Waals surface area contributed by atoms with Crippen LogP contribution < -0.4 is 5.32 Å². The lowest BCUT2D eigenvalue weighted by molar-refractivity contribution is -0.123. The highest BCUT2D eigenvalue weighted by Crippen LogP contribution is 2.25. The SMILES string of the molecule is Cc1c(C(=O)OC(C)C(=O)Nc2ccccc2)oc2ccccc12. The quantitative estimate of drug-likeness (QED) is 0.739. The summed E-state index contributed by atoms with van der Waals surface area (Å²) < 4.78 is 10.8. The van der Waals surface area contributed by atoms with Gasteiger partial charge in [0, 0.05) is 16.6 Å². The lowest BCUT2D eigenvalue weighted by atomic mass is 10.1. The van der Waals surface area contributed by atoms with Crippen molar-refractivity contribution in [3.05, 3.63) is 65.9 Å². The number of hydrogen-bond donors (Lipinski definition) is 1. The zero-order valence-corrected chi connectivity index (χ0v) is 13.4. The predicted molar refractivity (Wildman–Crippen MR) is 90.9 cm³/mol. The predicted octanol–water partition coefficient (Wildman–Crippen LogP) is 3.93. The second kappa shape index (κ2) is 6.58. The molecular formula is C19H17NO4. The Balaban J connectivity index is 1.71. The first kappa shape index (κ1) is 15.8. The van der Waals surface area contributed by atoms with Crippen LogP contribution in [-0.2, 0) is 9.53 Å². The molecule has 1 amide bonds. The van der Waals surface area contributed by atoms with Crippen LogP contribution in [0.25, 0.3) is 11.0 Å². The maximum Gasteiger partial charge on any atom is 0.375 e. The third-order valence-electron chi connectivity index (χ3n) is 3.72. The Kier molecular flexibility index (Phi) is 4.33. The molecule has 0 saturated heterocycles. The van der Waals surface area contributed by atoms with Gasteiger partial charge in [0.15, 0.2) is 6.10 Å². The number of ether oxygens (including phenoxy) is 1. The standard InChI is InChI=1S/C19H17NO4/c1-12-15-10-6-7-11-16(15)24-17(12)19(22)23-13(2)18(21)20-14-8-4-3-5-9-14/h3-11,13H,1-2H3,(H,20,21). The third kappa shape index (κ3) is 3.15. The molecule has 0 aliphatic carbocycles. The fourth-order valence-corrected chi connectivity index (χ4v) is 2.40. The minimum absolute atomic E-state index is 0.121. The van der Waals surface area contributed by atoms with E-state index in [9.17, 15) is 9.59 Å². The molecule has 0 radical (unpaired) electrons. The van der Waals surface area contributed by atoms with Gasteiger partial charge >= 0.3 is 5.97 Å². The summed E-state index contributed by atoms with van der Waals surface area (Å²) in [5.41, 5.74) is 1.96. The molecule has 3 aromatic rings. The third-order valence-corrected chi connectivity index (χ3v) is 3.72. The van der Waals surface area contributed by atoms with E-state index in [1.807, 2.05) is 36.4 Å². The summed E-state index contributed by atoms with van der Waals surface area (Å²) >= 11 is 0. The van der Waals surface area contributed by atoms with Crippen molar-refractivity contribution in [1.29, 1.82) is 0 Å². The Morgan fingerprint density at radius 1 is 1.04 bits per heavy atom. The first-order chi connectivity index (χ1) is 11.6. The molecule has 1 aromatic heterocycles. The highest BCUT2D eigenvalue weighted by molar-refractivity contribution is 5.99. The lowest BCUT2D eigenvalue weighted by Gasteiger charge is -2.12. The maximum atomic E-state index is 12.3. The van der Waals surface area contributed by atoms with Crippen molar-refractivity contribution in [2.45, 2.75) is 20.0 Å². The van der Waals surface area contributed by atoms with Crippen molar-refractivity contribution in [1.82, 2.24) is 0 Å². The Bertz CT molecular complexity index is 883. The minimum Gasteiger partial charge on any atom is -0.449 e. The van der Waals surface area contributed by atoms with Gasteiger partial charge in [0.1, 0.15) is 5.58 Å². The molecule has 0 spiro atoms. The van der Waals surface area contributed by atoms with Crippen LogP contribution in [0.4, 0.5) is 5.69 Å². The van der Waals surface area contributed by atoms with Crippen LogP contribution in [0.2, 0.25) is 0 Å². The van der Waals surface area contributed by atoms with Gasteiger partial charge in [-0.25, -0.2) is 4.79 Å². The first-order valence-corrected chi connectivity index (χ1v) is 7.61. The molecule has 122 valence electrons. The van der Waals surface area contributed by atoms with Crippen molar-refractivity contribution < 1.29 is 18.7 Å². The number of para-hydroxylation sites is 2. The fourth-order valence-electron chi connectivity index (χ4n) is 2.40. The number of hydrogen-bond acceptors (Lipinski definition) is 4. The van der Waals surface area contributed by atoms with E-state index in [1.165, 1.54) is 6.92 Å². The summed E-state index contributed by atoms with van der Waals surface area (Å²) in [6, 6.07) is 16.3. The van der Waals surface area contributed by atoms with E-state index in [1.54, 1.807) is 25.1 Å². The van der Waals surface area contributed by atoms with Crippen molar-refractivity contribution >= 4 is 28.5 Å². The second-order valence-corrected chi connectivity index (χ2v) is 5.46. The van der Waals surface area contributed by atoms with Gasteiger partial charge < -0.3 is 14.5 Å². The van der Waals surface area contributed by atoms with Gasteiger partial charge in [-0.15, -0.1) is 0 Å². The number of rotatable bonds is 4. The smallest absolute Gasteiger partial charge is 0.375 e. The van der Waals surface area contributed by atoms with E-state index in [-0.39, 0.29) is 5.76 Å². The molecule has 2 aromatic carbocycles. The van der Waals surface area contributed by atoms with Gasteiger partial charge in [0.05, 0.1) is 0 Å². The van der Waals surface area contributed by atoms with Crippen LogP contribution in [0.15, 0.2) is 59.0 Å². The van der Waals surface area contributed by atoms with E-state index in [2.05, 4.69) is 5.32 Å². The topological polar surface area (TPSA) is 68.5 Å². The highest BCUT2D eigenvalue weighted by Gasteiger charge is 2.24. The van der Waals surface area contributed by atoms with Crippen molar-refractivity contribution in [2.24, 2.45) is 0 Å². The van der Waals surface area contributed by atoms with Crippen LogP contribution in [0, 0.1) is 6.92 Å². The lowest BCUT2D eigenvalue weighted by Crippen LogP contribution is -2.30. The van der Waals surface area contributed by atoms with E-state index < -0.39 is 18.0 Å². The largest absolute Gasteiger partial charge is 0.449 e. The number of carbonyl (C=O) groups is 2. The molecule has 1 atom stereocenters. The van der Waals surface area contributed by atoms with Crippen molar-refractivity contribution in [3.63, 3.8) is 0 Å². The molecule has 1 N–H and O–H groups in total. The Morgan fingerprint density at radius 2 is 1.71 bits per heavy atom. The summed E-state index contributed by atoms with van der Waals surface area (Å²) in [6.45, 7) is 3.31. The first-order valence-electron chi connectivity index (χ1n) is 7.61. The summed E-state index contributed by atoms with van der Waals surface area (Å²) in [5.74, 6) is -0.932. The Labute approximate surface area is 139 Å². The zero-order valence-electron chi connectivity index (χ0n) is 13.4. The Morgan fingerprint density at radius 3 is 2.42 bits per heavy atom. The van der Waals surface area contributed by atoms with Gasteiger partial charge in [0.2, 0.25) is 5.76 Å². The summed E-state index contributed by atoms with van der Waals surface area (Å²) in [4.78, 5) is 24.4. The zero-order chi connectivity index (χ0) is 17.1. The average Bonchev–Trinajstić information content (AvgIpc) is 2.93. The van der Waals surface area contributed by atoms with Crippen LogP contribution in [-0.4, -0.2) is 18.0 Å². The van der Waals surface area contributed by atoms with Crippen LogP contribution in [0.5, 0.6) is 0 Å². The normalized spacial score (nSPS) is 11.9. The van der Waals surface area contributed by atoms with Gasteiger partial charge in [-0.2, -0.15) is 0 Å². The van der Waals surface area contributed by atoms with Crippen LogP contribution in [0.1, 0.15) is 23.0 Å². The number of aryl methyl sites for hydroxylation is 1. The highest BCUT2D eigenvalue weighted by atomic mass is 16.6. The second-order valence-electron chi connectivity index (χ2n) is 5.46. The number of carbonyl (C=O) groups excluding carboxylic acids is 2. The summed E-state index contributed by atoms with van der Waals surface area (Å²) in [5, 5.41) is 3.55. The number of amides is 1. The molecule has 1 heterocycles. The molecule has 0 fully saturated rings. The van der Waals surface area contributed by atoms with E-state index in [0.29, 0.717) is 16.8 Å². The maximum absolute atomic E-state index is 12.3. The van der Waals surface area contributed by atoms with Gasteiger partial charge in [-0.05, 0) is 32.0 Å². The minimum atomic E-state index is -0.940. The number of nitrogens with one attached hydrogen (secondary N) is 1. The van der Waals surface area contributed by atoms with Gasteiger partial charge in [-0.1, -0.05) is 36.4 Å². The summed E-state index contributed by atoms with van der Waals surface area (Å²) in [6.07, 6.45) is -0.940.